The van der Waals surface area contributed by atoms with Crippen LogP contribution >= 0.6 is 0 Å². The molecule has 0 aromatic heterocycles. The van der Waals surface area contributed by atoms with Crippen molar-refractivity contribution in [2.75, 3.05) is 6.67 Å². The number of rotatable bonds is 10. The Hall–Kier alpha value is -1.69. The Morgan fingerprint density at radius 1 is 0.839 bits per heavy atom. The van der Waals surface area contributed by atoms with E-state index in [0.717, 1.165) is 49.0 Å². The Bertz CT molecular complexity index is 719. The molecule has 0 saturated heterocycles. The molecule has 1 aromatic rings. The van der Waals surface area contributed by atoms with Gasteiger partial charge in [-0.15, -0.1) is 0 Å². The zero-order chi connectivity index (χ0) is 21.9. The number of hydrogen-bond donors (Lipinski definition) is 0. The molecule has 0 radical (unpaired) electrons. The number of nitrogens with zero attached hydrogens (tertiary/aromatic N) is 1. The van der Waals surface area contributed by atoms with Gasteiger partial charge in [-0.25, -0.2) is 4.39 Å². The van der Waals surface area contributed by atoms with Gasteiger partial charge in [0.1, 0.15) is 11.9 Å². The number of unbranched alkanes of at least 4 members (excludes halogenated alkanes) is 1. The number of hydrogen-bond acceptors (Lipinski definition) is 1. The second-order valence-electron chi connectivity index (χ2n) is 9.91. The maximum atomic E-state index is 13.9. The van der Waals surface area contributed by atoms with Crippen LogP contribution in [0.3, 0.4) is 0 Å². The van der Waals surface area contributed by atoms with E-state index in [1.54, 1.807) is 12.1 Å². The van der Waals surface area contributed by atoms with Crippen molar-refractivity contribution in [3.8, 4) is 6.07 Å². The topological polar surface area (TPSA) is 23.8 Å². The van der Waals surface area contributed by atoms with E-state index in [9.17, 15) is 8.78 Å². The highest BCUT2D eigenvalue weighted by molar-refractivity contribution is 5.34. The fraction of sp³-hybridized carbons (Fsp3) is 0.679. The number of benzene rings is 1. The molecule has 2 aliphatic carbocycles. The molecule has 0 amide bonds. The van der Waals surface area contributed by atoms with E-state index in [0.29, 0.717) is 12.3 Å². The molecule has 0 atom stereocenters. The second-order valence-corrected chi connectivity index (χ2v) is 9.91. The van der Waals surface area contributed by atoms with Gasteiger partial charge in [-0.05, 0) is 92.7 Å². The summed E-state index contributed by atoms with van der Waals surface area (Å²) < 4.78 is 26.0. The van der Waals surface area contributed by atoms with Crippen molar-refractivity contribution in [2.45, 2.75) is 95.8 Å². The normalized spacial score (nSPS) is 26.7. The zero-order valence-corrected chi connectivity index (χ0v) is 19.0. The van der Waals surface area contributed by atoms with Gasteiger partial charge in [0.15, 0.2) is 0 Å². The first-order valence-electron chi connectivity index (χ1n) is 12.6. The monoisotopic (exact) mass is 427 g/mol. The van der Waals surface area contributed by atoms with Crippen LogP contribution in [0, 0.1) is 34.9 Å². The van der Waals surface area contributed by atoms with Gasteiger partial charge < -0.3 is 0 Å². The number of nitriles is 1. The van der Waals surface area contributed by atoms with Crippen molar-refractivity contribution < 1.29 is 8.78 Å². The van der Waals surface area contributed by atoms with Gasteiger partial charge in [0.05, 0.1) is 12.2 Å². The molecule has 3 rings (SSSR count). The van der Waals surface area contributed by atoms with Crippen molar-refractivity contribution in [2.24, 2.45) is 17.8 Å². The summed E-state index contributed by atoms with van der Waals surface area (Å²) in [6.07, 6.45) is 21.6. The quantitative estimate of drug-likeness (QED) is 0.271. The van der Waals surface area contributed by atoms with Crippen molar-refractivity contribution in [3.63, 3.8) is 0 Å². The highest BCUT2D eigenvalue weighted by atomic mass is 19.1. The molecule has 0 aliphatic heterocycles. The fourth-order valence-electron chi connectivity index (χ4n) is 5.70. The molecule has 2 saturated carbocycles. The lowest BCUT2D eigenvalue weighted by Crippen LogP contribution is -2.18. The van der Waals surface area contributed by atoms with E-state index < -0.39 is 0 Å². The Balaban J connectivity index is 1.29. The Morgan fingerprint density at radius 2 is 1.42 bits per heavy atom. The van der Waals surface area contributed by atoms with Gasteiger partial charge in [0.2, 0.25) is 0 Å². The first-order valence-corrected chi connectivity index (χ1v) is 12.6. The van der Waals surface area contributed by atoms with Crippen LogP contribution in [0.5, 0.6) is 0 Å². The number of alkyl halides is 1. The molecule has 0 spiro atoms. The minimum Gasteiger partial charge on any atom is -0.251 e. The number of halogens is 2. The first kappa shape index (κ1) is 24.0. The average molecular weight is 428 g/mol. The van der Waals surface area contributed by atoms with E-state index in [-0.39, 0.29) is 18.1 Å². The average Bonchev–Trinajstić information content (AvgIpc) is 2.81. The van der Waals surface area contributed by atoms with E-state index in [1.807, 2.05) is 12.1 Å². The smallest absolute Gasteiger partial charge is 0.141 e. The second kappa shape index (κ2) is 13.0. The third-order valence-electron chi connectivity index (χ3n) is 7.79. The summed E-state index contributed by atoms with van der Waals surface area (Å²) in [7, 11) is 0. The fourth-order valence-corrected chi connectivity index (χ4v) is 5.70. The molecule has 0 N–H and O–H groups in total. The van der Waals surface area contributed by atoms with Gasteiger partial charge in [0.25, 0.3) is 0 Å². The van der Waals surface area contributed by atoms with Gasteiger partial charge in [-0.2, -0.15) is 5.26 Å². The zero-order valence-electron chi connectivity index (χ0n) is 19.0. The third kappa shape index (κ3) is 7.74. The molecule has 0 bridgehead atoms. The van der Waals surface area contributed by atoms with Crippen molar-refractivity contribution in [1.82, 2.24) is 0 Å². The van der Waals surface area contributed by atoms with Crippen molar-refractivity contribution in [3.05, 3.63) is 47.3 Å². The molecule has 1 aromatic carbocycles. The largest absolute Gasteiger partial charge is 0.251 e. The highest BCUT2D eigenvalue weighted by Gasteiger charge is 2.25. The predicted molar refractivity (Wildman–Crippen MR) is 124 cm³/mol. The summed E-state index contributed by atoms with van der Waals surface area (Å²) >= 11 is 0. The van der Waals surface area contributed by atoms with Gasteiger partial charge in [-0.1, -0.05) is 56.7 Å². The van der Waals surface area contributed by atoms with Crippen molar-refractivity contribution in [1.29, 1.82) is 5.26 Å². The lowest BCUT2D eigenvalue weighted by atomic mass is 9.74. The summed E-state index contributed by atoms with van der Waals surface area (Å²) in [5.41, 5.74) is 1.22. The standard InChI is InChI=1S/C28H39F2N/c29-19-5-3-1-2-4-6-22-7-9-23(10-8-22)11-12-24-13-15-25(16-14-24)26-17-18-27(21-31)28(30)20-26/h1-2,17-18,20,22-25H,3-16,19H2. The van der Waals surface area contributed by atoms with Crippen LogP contribution in [-0.2, 0) is 0 Å². The van der Waals surface area contributed by atoms with Crippen LogP contribution in [0.2, 0.25) is 0 Å². The molecule has 3 heteroatoms. The van der Waals surface area contributed by atoms with E-state index >= 15 is 0 Å². The minimum absolute atomic E-state index is 0.150. The van der Waals surface area contributed by atoms with Crippen LogP contribution < -0.4 is 0 Å². The molecule has 2 fully saturated rings. The molecular formula is C28H39F2N. The SMILES string of the molecule is N#Cc1ccc(C2CCC(CCC3CCC(CCC=CCCCF)CC3)CC2)cc1F. The summed E-state index contributed by atoms with van der Waals surface area (Å²) in [6.45, 7) is -0.201. The maximum Gasteiger partial charge on any atom is 0.141 e. The summed E-state index contributed by atoms with van der Waals surface area (Å²) in [5.74, 6) is 2.74. The van der Waals surface area contributed by atoms with Gasteiger partial charge in [0, 0.05) is 0 Å². The van der Waals surface area contributed by atoms with E-state index in [1.165, 1.54) is 57.8 Å². The van der Waals surface area contributed by atoms with Crippen LogP contribution in [0.25, 0.3) is 0 Å². The third-order valence-corrected chi connectivity index (χ3v) is 7.79. The van der Waals surface area contributed by atoms with Crippen LogP contribution in [0.1, 0.15) is 107 Å². The lowest BCUT2D eigenvalue weighted by molar-refractivity contribution is 0.225. The molecular weight excluding hydrogens is 388 g/mol. The van der Waals surface area contributed by atoms with Gasteiger partial charge >= 0.3 is 0 Å². The first-order chi connectivity index (χ1) is 15.2. The van der Waals surface area contributed by atoms with Crippen LogP contribution in [0.4, 0.5) is 8.78 Å². The van der Waals surface area contributed by atoms with Gasteiger partial charge in [-0.3, -0.25) is 4.39 Å². The highest BCUT2D eigenvalue weighted by Crippen LogP contribution is 2.40. The molecule has 0 heterocycles. The number of allylic oxidation sites excluding steroid dienone is 2. The molecule has 1 nitrogen and oxygen atoms in total. The van der Waals surface area contributed by atoms with Crippen LogP contribution in [-0.4, -0.2) is 6.67 Å². The summed E-state index contributed by atoms with van der Waals surface area (Å²) in [5, 5.41) is 8.91. The van der Waals surface area contributed by atoms with Crippen molar-refractivity contribution >= 4 is 0 Å². The van der Waals surface area contributed by atoms with E-state index in [4.69, 9.17) is 5.26 Å². The maximum absolute atomic E-state index is 13.9. The Labute approximate surface area is 187 Å². The summed E-state index contributed by atoms with van der Waals surface area (Å²) in [4.78, 5) is 0. The molecule has 2 aliphatic rings. The van der Waals surface area contributed by atoms with Crippen LogP contribution in [0.15, 0.2) is 30.4 Å². The lowest BCUT2D eigenvalue weighted by Gasteiger charge is -2.32. The minimum atomic E-state index is -0.370. The summed E-state index contributed by atoms with van der Waals surface area (Å²) in [6, 6.07) is 7.08. The molecule has 0 unspecified atom stereocenters. The Morgan fingerprint density at radius 3 is 2.00 bits per heavy atom. The Kier molecular flexibility index (Phi) is 10.0. The molecule has 31 heavy (non-hydrogen) atoms. The van der Waals surface area contributed by atoms with E-state index in [2.05, 4.69) is 12.2 Å². The predicted octanol–water partition coefficient (Wildman–Crippen LogP) is 8.64. The molecule has 170 valence electrons.